The molecule has 0 fully saturated rings. The zero-order valence-electron chi connectivity index (χ0n) is 6.79. The highest BCUT2D eigenvalue weighted by Gasteiger charge is 2.14. The summed E-state index contributed by atoms with van der Waals surface area (Å²) in [6.07, 6.45) is 3.57. The number of hydrogen-bond acceptors (Lipinski definition) is 4. The molecule has 12 heavy (non-hydrogen) atoms. The van der Waals surface area contributed by atoms with Crippen LogP contribution in [0.4, 0.5) is 0 Å². The summed E-state index contributed by atoms with van der Waals surface area (Å²) in [4.78, 5) is 10.4. The fraction of sp³-hybridized carbons (Fsp3) is 0.714. The number of aliphatic carboxylic acids is 1. The second kappa shape index (κ2) is 6.43. The molecule has 0 saturated carbocycles. The topological polar surface area (TPSA) is 99.1 Å². The van der Waals surface area contributed by atoms with Gasteiger partial charge in [-0.05, 0) is 25.8 Å². The molecule has 5 heteroatoms. The Morgan fingerprint density at radius 2 is 2.33 bits per heavy atom. The van der Waals surface area contributed by atoms with Crippen LogP contribution in [0.1, 0.15) is 19.3 Å². The summed E-state index contributed by atoms with van der Waals surface area (Å²) in [5, 5.41) is 19.0. The van der Waals surface area contributed by atoms with Crippen LogP contribution < -0.4 is 11.1 Å². The highest BCUT2D eigenvalue weighted by atomic mass is 16.4. The molecule has 68 valence electrons. The molecule has 0 spiro atoms. The number of nitrogens with two attached hydrogens (primary N) is 1. The number of unbranched alkanes of at least 4 members (excludes halogenated alkanes) is 1. The average Bonchev–Trinajstić information content (AvgIpc) is 2.03. The molecule has 0 aliphatic rings. The Bertz CT molecular complexity index is 176. The first-order valence-corrected chi connectivity index (χ1v) is 3.80. The number of carboxylic acids is 1. The first kappa shape index (κ1) is 10.7. The van der Waals surface area contributed by atoms with Crippen molar-refractivity contribution in [3.05, 3.63) is 0 Å². The summed E-state index contributed by atoms with van der Waals surface area (Å²) >= 11 is 0. The van der Waals surface area contributed by atoms with E-state index in [1.807, 2.05) is 0 Å². The van der Waals surface area contributed by atoms with Crippen molar-refractivity contribution in [1.82, 2.24) is 5.32 Å². The van der Waals surface area contributed by atoms with Gasteiger partial charge in [-0.25, -0.2) is 4.79 Å². The van der Waals surface area contributed by atoms with Crippen LogP contribution in [0.2, 0.25) is 0 Å². The van der Waals surface area contributed by atoms with E-state index in [2.05, 4.69) is 5.32 Å². The minimum absolute atomic E-state index is 0.445. The predicted molar refractivity (Wildman–Crippen MR) is 43.1 cm³/mol. The highest BCUT2D eigenvalue weighted by Crippen LogP contribution is 1.99. The summed E-state index contributed by atoms with van der Waals surface area (Å²) < 4.78 is 0. The Morgan fingerprint density at radius 1 is 1.67 bits per heavy atom. The standard InChI is InChI=1S/C7H13N3O2/c8-4-2-1-3-6(7(11)12)10-5-9/h6,10H,1-4,8H2,(H,11,12)/t6-/m0/s1. The second-order valence-corrected chi connectivity index (χ2v) is 2.43. The van der Waals surface area contributed by atoms with E-state index in [1.165, 1.54) is 0 Å². The quantitative estimate of drug-likeness (QED) is 0.288. The van der Waals surface area contributed by atoms with E-state index in [1.54, 1.807) is 6.19 Å². The maximum atomic E-state index is 10.4. The van der Waals surface area contributed by atoms with Crippen molar-refractivity contribution in [2.75, 3.05) is 6.54 Å². The van der Waals surface area contributed by atoms with E-state index in [9.17, 15) is 4.79 Å². The molecule has 0 aliphatic heterocycles. The third-order valence-electron chi connectivity index (χ3n) is 1.48. The van der Waals surface area contributed by atoms with Gasteiger partial charge in [0, 0.05) is 0 Å². The van der Waals surface area contributed by atoms with Crippen molar-refractivity contribution in [3.63, 3.8) is 0 Å². The van der Waals surface area contributed by atoms with Crippen LogP contribution in [-0.2, 0) is 4.79 Å². The van der Waals surface area contributed by atoms with Gasteiger partial charge in [0.1, 0.15) is 6.04 Å². The lowest BCUT2D eigenvalue weighted by Gasteiger charge is -2.08. The smallest absolute Gasteiger partial charge is 0.326 e. The maximum absolute atomic E-state index is 10.4. The van der Waals surface area contributed by atoms with Crippen molar-refractivity contribution in [1.29, 1.82) is 5.26 Å². The summed E-state index contributed by atoms with van der Waals surface area (Å²) in [6, 6.07) is -0.762. The number of hydrogen-bond donors (Lipinski definition) is 3. The summed E-state index contributed by atoms with van der Waals surface area (Å²) in [5.41, 5.74) is 5.23. The van der Waals surface area contributed by atoms with E-state index >= 15 is 0 Å². The van der Waals surface area contributed by atoms with Crippen LogP contribution in [-0.4, -0.2) is 23.7 Å². The Labute approximate surface area is 71.2 Å². The van der Waals surface area contributed by atoms with Crippen molar-refractivity contribution < 1.29 is 9.90 Å². The van der Waals surface area contributed by atoms with E-state index < -0.39 is 12.0 Å². The molecular weight excluding hydrogens is 158 g/mol. The van der Waals surface area contributed by atoms with Gasteiger partial charge in [-0.1, -0.05) is 0 Å². The number of carboxylic acid groups (broad SMARTS) is 1. The molecule has 0 aromatic carbocycles. The molecule has 5 nitrogen and oxygen atoms in total. The minimum atomic E-state index is -0.992. The van der Waals surface area contributed by atoms with Crippen LogP contribution in [0.25, 0.3) is 0 Å². The predicted octanol–water partition coefficient (Wildman–Crippen LogP) is -0.361. The molecule has 0 aliphatic carbocycles. The molecule has 0 aromatic heterocycles. The highest BCUT2D eigenvalue weighted by molar-refractivity contribution is 5.73. The van der Waals surface area contributed by atoms with Crippen LogP contribution in [0.3, 0.4) is 0 Å². The van der Waals surface area contributed by atoms with Crippen molar-refractivity contribution in [3.8, 4) is 6.19 Å². The number of nitrogens with one attached hydrogen (secondary N) is 1. The number of rotatable bonds is 6. The lowest BCUT2D eigenvalue weighted by molar-refractivity contribution is -0.139. The fourth-order valence-electron chi connectivity index (χ4n) is 0.828. The van der Waals surface area contributed by atoms with E-state index in [0.29, 0.717) is 13.0 Å². The summed E-state index contributed by atoms with van der Waals surface area (Å²) in [5.74, 6) is -0.992. The van der Waals surface area contributed by atoms with Crippen LogP contribution >= 0.6 is 0 Å². The molecule has 0 radical (unpaired) electrons. The van der Waals surface area contributed by atoms with Gasteiger partial charge >= 0.3 is 5.97 Å². The lowest BCUT2D eigenvalue weighted by Crippen LogP contribution is -2.33. The van der Waals surface area contributed by atoms with Crippen molar-refractivity contribution in [2.24, 2.45) is 5.73 Å². The van der Waals surface area contributed by atoms with E-state index in [-0.39, 0.29) is 0 Å². The normalized spacial score (nSPS) is 11.7. The zero-order chi connectivity index (χ0) is 9.40. The van der Waals surface area contributed by atoms with E-state index in [4.69, 9.17) is 16.1 Å². The molecule has 0 amide bonds. The SMILES string of the molecule is N#CN[C@@H](CCCCN)C(=O)O. The maximum Gasteiger partial charge on any atom is 0.326 e. The molecule has 4 N–H and O–H groups in total. The van der Waals surface area contributed by atoms with Gasteiger partial charge < -0.3 is 16.2 Å². The zero-order valence-corrected chi connectivity index (χ0v) is 6.79. The molecule has 0 saturated heterocycles. The Kier molecular flexibility index (Phi) is 5.75. The Morgan fingerprint density at radius 3 is 2.75 bits per heavy atom. The van der Waals surface area contributed by atoms with Gasteiger partial charge in [0.25, 0.3) is 0 Å². The fourth-order valence-corrected chi connectivity index (χ4v) is 0.828. The third-order valence-corrected chi connectivity index (χ3v) is 1.48. The first-order chi connectivity index (χ1) is 5.72. The van der Waals surface area contributed by atoms with Gasteiger partial charge in [0.05, 0.1) is 0 Å². The van der Waals surface area contributed by atoms with Crippen molar-refractivity contribution >= 4 is 5.97 Å². The largest absolute Gasteiger partial charge is 0.480 e. The van der Waals surface area contributed by atoms with Gasteiger partial charge in [0.15, 0.2) is 6.19 Å². The molecule has 0 bridgehead atoms. The van der Waals surface area contributed by atoms with Crippen LogP contribution in [0.15, 0.2) is 0 Å². The van der Waals surface area contributed by atoms with Crippen molar-refractivity contribution in [2.45, 2.75) is 25.3 Å². The van der Waals surface area contributed by atoms with Crippen LogP contribution in [0, 0.1) is 11.5 Å². The number of nitriles is 1. The molecule has 1 atom stereocenters. The summed E-state index contributed by atoms with van der Waals surface area (Å²) in [7, 11) is 0. The lowest BCUT2D eigenvalue weighted by atomic mass is 10.1. The third kappa shape index (κ3) is 4.52. The number of nitrogens with zero attached hydrogens (tertiary/aromatic N) is 1. The Hall–Kier alpha value is -1.28. The van der Waals surface area contributed by atoms with Crippen LogP contribution in [0.5, 0.6) is 0 Å². The average molecular weight is 171 g/mol. The summed E-state index contributed by atoms with van der Waals surface area (Å²) in [6.45, 7) is 0.554. The number of carbonyl (C=O) groups is 1. The van der Waals surface area contributed by atoms with Gasteiger partial charge in [-0.3, -0.25) is 0 Å². The van der Waals surface area contributed by atoms with Gasteiger partial charge in [0.2, 0.25) is 0 Å². The van der Waals surface area contributed by atoms with Gasteiger partial charge in [-0.2, -0.15) is 5.26 Å². The molecule has 0 unspecified atom stereocenters. The second-order valence-electron chi connectivity index (χ2n) is 2.43. The first-order valence-electron chi connectivity index (χ1n) is 3.80. The molecular formula is C7H13N3O2. The minimum Gasteiger partial charge on any atom is -0.480 e. The molecule has 0 heterocycles. The monoisotopic (exact) mass is 171 g/mol. The molecule has 0 aromatic rings. The van der Waals surface area contributed by atoms with E-state index in [0.717, 1.165) is 12.8 Å². The van der Waals surface area contributed by atoms with Gasteiger partial charge in [-0.15, -0.1) is 0 Å². The Balaban J connectivity index is 3.65. The molecule has 0 rings (SSSR count).